The van der Waals surface area contributed by atoms with Gasteiger partial charge in [0.15, 0.2) is 6.61 Å². The zero-order valence-corrected chi connectivity index (χ0v) is 16.7. The molecule has 3 rings (SSSR count). The number of nitrogens with zero attached hydrogens (tertiary/aromatic N) is 3. The largest absolute Gasteiger partial charge is 0.452 e. The molecule has 1 saturated carbocycles. The second-order valence-corrected chi connectivity index (χ2v) is 7.12. The molecule has 0 atom stereocenters. The molecule has 1 aliphatic rings. The minimum Gasteiger partial charge on any atom is -0.452 e. The second kappa shape index (κ2) is 8.42. The Bertz CT molecular complexity index is 1030. The first-order chi connectivity index (χ1) is 13.8. The molecule has 154 valence electrons. The molecule has 0 bridgehead atoms. The van der Waals surface area contributed by atoms with Gasteiger partial charge in [-0.15, -0.1) is 0 Å². The minimum atomic E-state index is -0.676. The zero-order valence-electron chi connectivity index (χ0n) is 16.7. The monoisotopic (exact) mass is 400 g/mol. The van der Waals surface area contributed by atoms with E-state index in [9.17, 15) is 19.2 Å². The number of ether oxygens (including phenoxy) is 1. The van der Waals surface area contributed by atoms with E-state index in [0.29, 0.717) is 23.3 Å². The van der Waals surface area contributed by atoms with Crippen molar-refractivity contribution in [3.05, 3.63) is 39.8 Å². The van der Waals surface area contributed by atoms with Gasteiger partial charge in [0.1, 0.15) is 5.69 Å². The number of carbonyl (C=O) groups is 3. The smallest absolute Gasteiger partial charge is 0.338 e. The molecule has 1 aromatic heterocycles. The molecular formula is C20H24N4O5. The third kappa shape index (κ3) is 4.79. The second-order valence-electron chi connectivity index (χ2n) is 7.12. The lowest BCUT2D eigenvalue weighted by molar-refractivity contribution is -0.137. The van der Waals surface area contributed by atoms with Gasteiger partial charge in [0.05, 0.1) is 23.1 Å². The highest BCUT2D eigenvalue weighted by atomic mass is 16.5. The van der Waals surface area contributed by atoms with Gasteiger partial charge in [0.2, 0.25) is 5.91 Å². The average Bonchev–Trinajstić information content (AvgIpc) is 3.50. The SMILES string of the molecule is CCn1c(=O)c(C)nc2cc(C(=O)OCC(=O)N(C)CC(=O)NC3CC3)ccc21. The van der Waals surface area contributed by atoms with E-state index in [4.69, 9.17) is 4.74 Å². The molecule has 1 fully saturated rings. The Morgan fingerprint density at radius 2 is 2.03 bits per heavy atom. The molecule has 0 radical (unpaired) electrons. The van der Waals surface area contributed by atoms with Gasteiger partial charge in [-0.25, -0.2) is 9.78 Å². The van der Waals surface area contributed by atoms with Crippen LogP contribution in [0.1, 0.15) is 35.8 Å². The molecule has 1 N–H and O–H groups in total. The van der Waals surface area contributed by atoms with Crippen molar-refractivity contribution in [2.24, 2.45) is 0 Å². The van der Waals surface area contributed by atoms with Crippen molar-refractivity contribution >= 4 is 28.8 Å². The molecule has 9 nitrogen and oxygen atoms in total. The van der Waals surface area contributed by atoms with E-state index >= 15 is 0 Å². The van der Waals surface area contributed by atoms with Crippen LogP contribution in [0.25, 0.3) is 11.0 Å². The van der Waals surface area contributed by atoms with Crippen LogP contribution in [0, 0.1) is 6.92 Å². The molecule has 1 aliphatic carbocycles. The number of rotatable bonds is 7. The number of aromatic nitrogens is 2. The first kappa shape index (κ1) is 20.5. The maximum Gasteiger partial charge on any atom is 0.338 e. The first-order valence-electron chi connectivity index (χ1n) is 9.51. The zero-order chi connectivity index (χ0) is 21.1. The molecule has 29 heavy (non-hydrogen) atoms. The molecule has 0 saturated heterocycles. The highest BCUT2D eigenvalue weighted by Gasteiger charge is 2.24. The Morgan fingerprint density at radius 1 is 1.31 bits per heavy atom. The molecular weight excluding hydrogens is 376 g/mol. The number of aryl methyl sites for hydroxylation is 2. The topological polar surface area (TPSA) is 111 Å². The molecule has 0 unspecified atom stereocenters. The van der Waals surface area contributed by atoms with Gasteiger partial charge in [-0.3, -0.25) is 14.4 Å². The molecule has 1 aromatic carbocycles. The predicted molar refractivity (Wildman–Crippen MR) is 105 cm³/mol. The standard InChI is InChI=1S/C20H24N4O5/c1-4-24-16-8-5-13(9-15(16)21-12(2)19(24)27)20(28)29-11-18(26)23(3)10-17(25)22-14-6-7-14/h5,8-9,14H,4,6-7,10-11H2,1-3H3,(H,22,25). The Labute approximate surface area is 167 Å². The average molecular weight is 400 g/mol. The summed E-state index contributed by atoms with van der Waals surface area (Å²) in [4.78, 5) is 53.8. The summed E-state index contributed by atoms with van der Waals surface area (Å²) in [6, 6.07) is 4.93. The minimum absolute atomic E-state index is 0.0827. The number of fused-ring (bicyclic) bond motifs is 1. The number of hydrogen-bond acceptors (Lipinski definition) is 6. The third-order valence-electron chi connectivity index (χ3n) is 4.74. The van der Waals surface area contributed by atoms with E-state index in [1.54, 1.807) is 17.6 Å². The van der Waals surface area contributed by atoms with Gasteiger partial charge in [0.25, 0.3) is 11.5 Å². The Kier molecular flexibility index (Phi) is 5.95. The highest BCUT2D eigenvalue weighted by molar-refractivity contribution is 5.95. The molecule has 2 aromatic rings. The van der Waals surface area contributed by atoms with Crippen molar-refractivity contribution < 1.29 is 19.1 Å². The summed E-state index contributed by atoms with van der Waals surface area (Å²) in [7, 11) is 1.48. The molecule has 9 heteroatoms. The Morgan fingerprint density at radius 3 is 2.69 bits per heavy atom. The molecule has 0 aliphatic heterocycles. The van der Waals surface area contributed by atoms with Gasteiger partial charge in [0, 0.05) is 19.6 Å². The maximum absolute atomic E-state index is 12.3. The molecule has 2 amide bonds. The van der Waals surface area contributed by atoms with E-state index < -0.39 is 18.5 Å². The summed E-state index contributed by atoms with van der Waals surface area (Å²) in [6.45, 7) is 3.41. The number of hydrogen-bond donors (Lipinski definition) is 1. The van der Waals surface area contributed by atoms with Crippen LogP contribution in [0.15, 0.2) is 23.0 Å². The van der Waals surface area contributed by atoms with Crippen molar-refractivity contribution in [2.75, 3.05) is 20.2 Å². The lowest BCUT2D eigenvalue weighted by atomic mass is 10.2. The fourth-order valence-corrected chi connectivity index (χ4v) is 2.94. The van der Waals surface area contributed by atoms with Crippen molar-refractivity contribution in [2.45, 2.75) is 39.3 Å². The quantitative estimate of drug-likeness (QED) is 0.682. The fourth-order valence-electron chi connectivity index (χ4n) is 2.94. The van der Waals surface area contributed by atoms with Crippen LogP contribution in [0.2, 0.25) is 0 Å². The Balaban J connectivity index is 1.63. The van der Waals surface area contributed by atoms with Crippen LogP contribution >= 0.6 is 0 Å². The molecule has 0 spiro atoms. The summed E-state index contributed by atoms with van der Waals surface area (Å²) in [5.74, 6) is -1.38. The summed E-state index contributed by atoms with van der Waals surface area (Å²) >= 11 is 0. The van der Waals surface area contributed by atoms with E-state index in [1.165, 1.54) is 24.1 Å². The van der Waals surface area contributed by atoms with Crippen LogP contribution in [0.4, 0.5) is 0 Å². The fraction of sp³-hybridized carbons (Fsp3) is 0.450. The molecule has 1 heterocycles. The van der Waals surface area contributed by atoms with Gasteiger partial charge < -0.3 is 19.5 Å². The van der Waals surface area contributed by atoms with E-state index in [2.05, 4.69) is 10.3 Å². The van der Waals surface area contributed by atoms with Crippen molar-refractivity contribution in [3.63, 3.8) is 0 Å². The van der Waals surface area contributed by atoms with Crippen LogP contribution in [0.3, 0.4) is 0 Å². The van der Waals surface area contributed by atoms with Crippen LogP contribution in [-0.4, -0.2) is 58.5 Å². The van der Waals surface area contributed by atoms with E-state index in [0.717, 1.165) is 12.8 Å². The number of likely N-dealkylation sites (N-methyl/N-ethyl adjacent to an activating group) is 1. The predicted octanol–water partition coefficient (Wildman–Crippen LogP) is 0.619. The first-order valence-corrected chi connectivity index (χ1v) is 9.51. The number of esters is 1. The normalized spacial score (nSPS) is 13.2. The maximum atomic E-state index is 12.3. The van der Waals surface area contributed by atoms with Crippen molar-refractivity contribution in [1.29, 1.82) is 0 Å². The number of carbonyl (C=O) groups excluding carboxylic acids is 3. The third-order valence-corrected chi connectivity index (χ3v) is 4.74. The van der Waals surface area contributed by atoms with Gasteiger partial charge in [-0.05, 0) is 44.9 Å². The van der Waals surface area contributed by atoms with E-state index in [1.807, 2.05) is 6.92 Å². The number of nitrogens with one attached hydrogen (secondary N) is 1. The van der Waals surface area contributed by atoms with Crippen LogP contribution in [0.5, 0.6) is 0 Å². The van der Waals surface area contributed by atoms with E-state index in [-0.39, 0.29) is 29.6 Å². The Hall–Kier alpha value is -3.23. The lowest BCUT2D eigenvalue weighted by Gasteiger charge is -2.16. The summed E-state index contributed by atoms with van der Waals surface area (Å²) in [6.07, 6.45) is 1.94. The summed E-state index contributed by atoms with van der Waals surface area (Å²) in [5, 5.41) is 2.79. The van der Waals surface area contributed by atoms with Crippen LogP contribution < -0.4 is 10.9 Å². The van der Waals surface area contributed by atoms with Gasteiger partial charge >= 0.3 is 5.97 Å². The van der Waals surface area contributed by atoms with Crippen LogP contribution in [-0.2, 0) is 20.9 Å². The lowest BCUT2D eigenvalue weighted by Crippen LogP contribution is -2.40. The summed E-state index contributed by atoms with van der Waals surface area (Å²) in [5.41, 5.74) is 1.52. The van der Waals surface area contributed by atoms with Gasteiger partial charge in [-0.1, -0.05) is 0 Å². The number of amides is 2. The number of benzene rings is 1. The van der Waals surface area contributed by atoms with Crippen molar-refractivity contribution in [1.82, 2.24) is 19.8 Å². The van der Waals surface area contributed by atoms with Gasteiger partial charge in [-0.2, -0.15) is 0 Å². The summed E-state index contributed by atoms with van der Waals surface area (Å²) < 4.78 is 6.67. The highest BCUT2D eigenvalue weighted by Crippen LogP contribution is 2.18. The van der Waals surface area contributed by atoms with Crippen molar-refractivity contribution in [3.8, 4) is 0 Å².